The Bertz CT molecular complexity index is 396. The Kier molecular flexibility index (Phi) is 7.82. The molecule has 1 rings (SSSR count). The molecule has 0 saturated carbocycles. The highest BCUT2D eigenvalue weighted by Gasteiger charge is 2.33. The van der Waals surface area contributed by atoms with Gasteiger partial charge in [-0.1, -0.05) is 62.9 Å². The van der Waals surface area contributed by atoms with E-state index in [2.05, 4.69) is 6.92 Å². The first kappa shape index (κ1) is 17.2. The molecule has 20 heavy (non-hydrogen) atoms. The van der Waals surface area contributed by atoms with Crippen molar-refractivity contribution < 1.29 is 13.2 Å². The molecular weight excluding hydrogens is 281 g/mol. The number of hydrogen-bond acceptors (Lipinski definition) is 1. The predicted molar refractivity (Wildman–Crippen MR) is 81.7 cm³/mol. The Morgan fingerprint density at radius 2 is 1.70 bits per heavy atom. The van der Waals surface area contributed by atoms with Crippen molar-refractivity contribution in [2.24, 2.45) is 0 Å². The fourth-order valence-electron chi connectivity index (χ4n) is 1.79. The lowest BCUT2D eigenvalue weighted by molar-refractivity contribution is -0.0827. The van der Waals surface area contributed by atoms with Crippen LogP contribution < -0.4 is 0 Å². The second kappa shape index (κ2) is 9.11. The van der Waals surface area contributed by atoms with Gasteiger partial charge in [0.1, 0.15) is 0 Å². The number of unbranched alkanes of at least 4 members (excludes halogenated alkanes) is 4. The van der Waals surface area contributed by atoms with Crippen molar-refractivity contribution in [3.63, 3.8) is 0 Å². The molecule has 0 fully saturated rings. The average Bonchev–Trinajstić information content (AvgIpc) is 2.41. The number of hydrogen-bond donors (Lipinski definition) is 0. The van der Waals surface area contributed by atoms with Crippen molar-refractivity contribution in [2.75, 3.05) is 5.75 Å². The molecule has 112 valence electrons. The number of thioether (sulfide) groups is 1. The largest absolute Gasteiger partial charge is 0.422 e. The third-order valence-electron chi connectivity index (χ3n) is 2.88. The summed E-state index contributed by atoms with van der Waals surface area (Å²) in [5.41, 5.74) is 0.596. The van der Waals surface area contributed by atoms with Gasteiger partial charge in [-0.3, -0.25) is 0 Å². The zero-order chi connectivity index (χ0) is 14.8. The predicted octanol–water partition coefficient (Wildman–Crippen LogP) is 6.29. The quantitative estimate of drug-likeness (QED) is 0.508. The van der Waals surface area contributed by atoms with E-state index in [0.29, 0.717) is 11.3 Å². The Morgan fingerprint density at radius 3 is 2.30 bits per heavy atom. The minimum Gasteiger partial charge on any atom is -0.166 e. The lowest BCUT2D eigenvalue weighted by Gasteiger charge is -2.11. The molecule has 0 saturated heterocycles. The topological polar surface area (TPSA) is 0 Å². The van der Waals surface area contributed by atoms with Crippen molar-refractivity contribution in [3.8, 4) is 0 Å². The molecule has 4 heteroatoms. The first-order valence-electron chi connectivity index (χ1n) is 7.00. The normalized spacial score (nSPS) is 12.7. The van der Waals surface area contributed by atoms with E-state index in [1.807, 2.05) is 0 Å². The summed E-state index contributed by atoms with van der Waals surface area (Å²) < 4.78 is 38.8. The Hall–Kier alpha value is -0.900. The van der Waals surface area contributed by atoms with Gasteiger partial charge < -0.3 is 0 Å². The highest BCUT2D eigenvalue weighted by atomic mass is 32.2. The highest BCUT2D eigenvalue weighted by Crippen LogP contribution is 2.36. The van der Waals surface area contributed by atoms with Crippen LogP contribution in [0.1, 0.15) is 44.6 Å². The maximum absolute atomic E-state index is 12.9. The summed E-state index contributed by atoms with van der Waals surface area (Å²) in [5.74, 6) is 0.530. The van der Waals surface area contributed by atoms with E-state index in [1.165, 1.54) is 6.08 Å². The van der Waals surface area contributed by atoms with Crippen molar-refractivity contribution >= 4 is 17.8 Å². The summed E-state index contributed by atoms with van der Waals surface area (Å²) in [6.07, 6.45) is 2.25. The van der Waals surface area contributed by atoms with Crippen LogP contribution in [0.4, 0.5) is 13.2 Å². The molecule has 0 radical (unpaired) electrons. The van der Waals surface area contributed by atoms with Gasteiger partial charge in [0.05, 0.1) is 4.91 Å². The van der Waals surface area contributed by atoms with Crippen molar-refractivity contribution in [1.82, 2.24) is 0 Å². The van der Waals surface area contributed by atoms with Crippen LogP contribution >= 0.6 is 11.8 Å². The number of benzene rings is 1. The van der Waals surface area contributed by atoms with Crippen molar-refractivity contribution in [1.29, 1.82) is 0 Å². The van der Waals surface area contributed by atoms with E-state index in [0.717, 1.165) is 43.9 Å². The van der Waals surface area contributed by atoms with Gasteiger partial charge in [0.15, 0.2) is 0 Å². The number of rotatable bonds is 8. The van der Waals surface area contributed by atoms with Crippen LogP contribution in [0.2, 0.25) is 0 Å². The summed E-state index contributed by atoms with van der Waals surface area (Å²) >= 11 is 0.917. The van der Waals surface area contributed by atoms with Crippen LogP contribution in [0.15, 0.2) is 35.2 Å². The molecule has 0 unspecified atom stereocenters. The third-order valence-corrected chi connectivity index (χ3v) is 4.04. The molecule has 0 aliphatic rings. The molecule has 0 amide bonds. The molecule has 0 spiro atoms. The molecule has 0 nitrogen and oxygen atoms in total. The third kappa shape index (κ3) is 7.04. The van der Waals surface area contributed by atoms with E-state index in [1.54, 1.807) is 30.3 Å². The van der Waals surface area contributed by atoms with Crippen LogP contribution in [0.3, 0.4) is 0 Å². The standard InChI is InChI=1S/C16H21F3S/c1-2-3-4-5-9-12-20-15(16(17,18)19)13-14-10-7-6-8-11-14/h6-8,10-11,13H,2-5,9,12H2,1H3/b15-13+. The van der Waals surface area contributed by atoms with Gasteiger partial charge in [-0.15, -0.1) is 11.8 Å². The molecule has 0 aliphatic carbocycles. The lowest BCUT2D eigenvalue weighted by Crippen LogP contribution is -2.09. The highest BCUT2D eigenvalue weighted by molar-refractivity contribution is 8.03. The van der Waals surface area contributed by atoms with Gasteiger partial charge in [0.2, 0.25) is 0 Å². The SMILES string of the molecule is CCCCCCCS/C(=C/c1ccccc1)C(F)(F)F. The van der Waals surface area contributed by atoms with E-state index in [4.69, 9.17) is 0 Å². The van der Waals surface area contributed by atoms with Crippen LogP contribution in [0.25, 0.3) is 6.08 Å². The molecule has 0 N–H and O–H groups in total. The second-order valence-electron chi connectivity index (χ2n) is 4.68. The van der Waals surface area contributed by atoms with Crippen LogP contribution in [-0.4, -0.2) is 11.9 Å². The lowest BCUT2D eigenvalue weighted by atomic mass is 10.2. The first-order chi connectivity index (χ1) is 9.54. The van der Waals surface area contributed by atoms with Crippen LogP contribution in [-0.2, 0) is 0 Å². The molecule has 0 bridgehead atoms. The van der Waals surface area contributed by atoms with E-state index < -0.39 is 11.1 Å². The van der Waals surface area contributed by atoms with Gasteiger partial charge in [0, 0.05) is 0 Å². The number of allylic oxidation sites excluding steroid dienone is 1. The summed E-state index contributed by atoms with van der Waals surface area (Å²) in [7, 11) is 0. The maximum atomic E-state index is 12.9. The Labute approximate surface area is 123 Å². The van der Waals surface area contributed by atoms with Crippen molar-refractivity contribution in [3.05, 3.63) is 40.8 Å². The fourth-order valence-corrected chi connectivity index (χ4v) is 2.75. The molecule has 0 heterocycles. The van der Waals surface area contributed by atoms with E-state index in [-0.39, 0.29) is 0 Å². The summed E-state index contributed by atoms with van der Waals surface area (Å²) in [4.78, 5) is -0.501. The van der Waals surface area contributed by atoms with Gasteiger partial charge in [-0.2, -0.15) is 13.2 Å². The molecule has 0 atom stereocenters. The van der Waals surface area contributed by atoms with Crippen LogP contribution in [0, 0.1) is 0 Å². The minimum absolute atomic E-state index is 0.501. The molecule has 1 aromatic carbocycles. The van der Waals surface area contributed by atoms with E-state index >= 15 is 0 Å². The average molecular weight is 302 g/mol. The summed E-state index contributed by atoms with van der Waals surface area (Å²) in [5, 5.41) is 0. The number of alkyl halides is 3. The van der Waals surface area contributed by atoms with Gasteiger partial charge in [0.25, 0.3) is 0 Å². The fraction of sp³-hybridized carbons (Fsp3) is 0.500. The smallest absolute Gasteiger partial charge is 0.166 e. The van der Waals surface area contributed by atoms with Gasteiger partial charge in [-0.25, -0.2) is 0 Å². The van der Waals surface area contributed by atoms with Crippen molar-refractivity contribution in [2.45, 2.75) is 45.2 Å². The summed E-state index contributed by atoms with van der Waals surface area (Å²) in [6.45, 7) is 2.12. The number of halogens is 3. The Morgan fingerprint density at radius 1 is 1.05 bits per heavy atom. The van der Waals surface area contributed by atoms with Gasteiger partial charge in [-0.05, 0) is 23.8 Å². The molecule has 1 aromatic rings. The van der Waals surface area contributed by atoms with E-state index in [9.17, 15) is 13.2 Å². The van der Waals surface area contributed by atoms with Crippen LogP contribution in [0.5, 0.6) is 0 Å². The summed E-state index contributed by atoms with van der Waals surface area (Å²) in [6, 6.07) is 8.66. The maximum Gasteiger partial charge on any atom is 0.422 e. The zero-order valence-corrected chi connectivity index (χ0v) is 12.6. The van der Waals surface area contributed by atoms with Gasteiger partial charge >= 0.3 is 6.18 Å². The minimum atomic E-state index is -4.26. The molecule has 0 aromatic heterocycles. The molecular formula is C16H21F3S. The second-order valence-corrected chi connectivity index (χ2v) is 5.82. The zero-order valence-electron chi connectivity index (χ0n) is 11.7. The molecule has 0 aliphatic heterocycles. The first-order valence-corrected chi connectivity index (χ1v) is 7.99. The monoisotopic (exact) mass is 302 g/mol. The Balaban J connectivity index is 2.52.